The summed E-state index contributed by atoms with van der Waals surface area (Å²) in [5.74, 6) is -0.104. The highest BCUT2D eigenvalue weighted by Gasteiger charge is 2.16. The van der Waals surface area contributed by atoms with E-state index in [4.69, 9.17) is 4.42 Å². The van der Waals surface area contributed by atoms with Gasteiger partial charge in [0.15, 0.2) is 5.76 Å². The molecular formula is C17H14O3. The summed E-state index contributed by atoms with van der Waals surface area (Å²) in [6.45, 7) is 3.88. The molecule has 0 atom stereocenters. The van der Waals surface area contributed by atoms with Gasteiger partial charge in [0.1, 0.15) is 5.58 Å². The highest BCUT2D eigenvalue weighted by Crippen LogP contribution is 2.32. The van der Waals surface area contributed by atoms with E-state index in [2.05, 4.69) is 0 Å². The fraction of sp³-hybridized carbons (Fsp3) is 0.118. The van der Waals surface area contributed by atoms with Crippen molar-refractivity contribution in [3.05, 3.63) is 63.8 Å². The van der Waals surface area contributed by atoms with E-state index in [9.17, 15) is 9.90 Å². The van der Waals surface area contributed by atoms with Crippen molar-refractivity contribution in [3.63, 3.8) is 0 Å². The topological polar surface area (TPSA) is 50.4 Å². The summed E-state index contributed by atoms with van der Waals surface area (Å²) < 4.78 is 5.75. The van der Waals surface area contributed by atoms with Crippen molar-refractivity contribution in [3.8, 4) is 17.1 Å². The van der Waals surface area contributed by atoms with Gasteiger partial charge in [-0.1, -0.05) is 29.8 Å². The summed E-state index contributed by atoms with van der Waals surface area (Å²) >= 11 is 0. The molecule has 100 valence electrons. The monoisotopic (exact) mass is 266 g/mol. The van der Waals surface area contributed by atoms with Gasteiger partial charge in [0.25, 0.3) is 0 Å². The molecule has 0 saturated heterocycles. The predicted molar refractivity (Wildman–Crippen MR) is 79.1 cm³/mol. The number of rotatable bonds is 1. The van der Waals surface area contributed by atoms with E-state index < -0.39 is 5.43 Å². The van der Waals surface area contributed by atoms with Crippen LogP contribution >= 0.6 is 0 Å². The lowest BCUT2D eigenvalue weighted by Gasteiger charge is -2.09. The lowest BCUT2D eigenvalue weighted by molar-refractivity contribution is 0.449. The van der Waals surface area contributed by atoms with Gasteiger partial charge in [-0.25, -0.2) is 0 Å². The molecule has 1 aromatic heterocycles. The summed E-state index contributed by atoms with van der Waals surface area (Å²) in [6, 6.07) is 12.8. The molecule has 0 fully saturated rings. The van der Waals surface area contributed by atoms with Crippen LogP contribution in [0, 0.1) is 13.8 Å². The van der Waals surface area contributed by atoms with Gasteiger partial charge in [-0.2, -0.15) is 0 Å². The highest BCUT2D eigenvalue weighted by atomic mass is 16.4. The van der Waals surface area contributed by atoms with Gasteiger partial charge in [0, 0.05) is 5.56 Å². The Kier molecular flexibility index (Phi) is 2.83. The van der Waals surface area contributed by atoms with Crippen LogP contribution in [0.2, 0.25) is 0 Å². The number of aryl methyl sites for hydroxylation is 2. The number of aromatic hydroxyl groups is 1. The number of benzene rings is 2. The third-order valence-corrected chi connectivity index (χ3v) is 3.41. The molecule has 1 N–H and O–H groups in total. The maximum atomic E-state index is 12.2. The molecule has 20 heavy (non-hydrogen) atoms. The van der Waals surface area contributed by atoms with Gasteiger partial charge in [0.2, 0.25) is 11.2 Å². The van der Waals surface area contributed by atoms with E-state index in [1.165, 1.54) is 0 Å². The van der Waals surface area contributed by atoms with E-state index >= 15 is 0 Å². The number of hydrogen-bond donors (Lipinski definition) is 1. The zero-order chi connectivity index (χ0) is 14.3. The fourth-order valence-electron chi connectivity index (χ4n) is 2.30. The van der Waals surface area contributed by atoms with Crippen molar-refractivity contribution < 1.29 is 9.52 Å². The maximum Gasteiger partial charge on any atom is 0.235 e. The van der Waals surface area contributed by atoms with Crippen LogP contribution in [0.3, 0.4) is 0 Å². The second kappa shape index (κ2) is 4.53. The van der Waals surface area contributed by atoms with Gasteiger partial charge in [-0.3, -0.25) is 4.79 Å². The first-order valence-corrected chi connectivity index (χ1v) is 6.40. The summed E-state index contributed by atoms with van der Waals surface area (Å²) in [5.41, 5.74) is 2.81. The molecule has 0 aliphatic heterocycles. The van der Waals surface area contributed by atoms with E-state index in [0.717, 1.165) is 16.7 Å². The Morgan fingerprint density at radius 2 is 1.80 bits per heavy atom. The van der Waals surface area contributed by atoms with Gasteiger partial charge in [-0.15, -0.1) is 0 Å². The Morgan fingerprint density at radius 1 is 1.05 bits per heavy atom. The largest absolute Gasteiger partial charge is 0.502 e. The van der Waals surface area contributed by atoms with Gasteiger partial charge in [-0.05, 0) is 37.6 Å². The summed E-state index contributed by atoms with van der Waals surface area (Å²) in [4.78, 5) is 12.2. The molecule has 3 nitrogen and oxygen atoms in total. The zero-order valence-electron chi connectivity index (χ0n) is 11.3. The normalized spacial score (nSPS) is 10.9. The molecule has 0 bridgehead atoms. The molecule has 0 saturated carbocycles. The molecule has 0 unspecified atom stereocenters. The highest BCUT2D eigenvalue weighted by molar-refractivity contribution is 5.82. The Morgan fingerprint density at radius 3 is 2.60 bits per heavy atom. The molecular weight excluding hydrogens is 252 g/mol. The van der Waals surface area contributed by atoms with E-state index in [1.54, 1.807) is 24.3 Å². The van der Waals surface area contributed by atoms with Gasteiger partial charge < -0.3 is 9.52 Å². The molecule has 3 heteroatoms. The SMILES string of the molecule is Cc1ccc(C)c(-c2oc3ccccc3c(=O)c2O)c1. The van der Waals surface area contributed by atoms with Crippen molar-refractivity contribution >= 4 is 11.0 Å². The molecule has 3 rings (SSSR count). The minimum absolute atomic E-state index is 0.231. The fourth-order valence-corrected chi connectivity index (χ4v) is 2.30. The molecule has 3 aromatic rings. The Balaban J connectivity index is 2.40. The minimum Gasteiger partial charge on any atom is -0.502 e. The molecule has 0 amide bonds. The van der Waals surface area contributed by atoms with Crippen molar-refractivity contribution in [2.75, 3.05) is 0 Å². The van der Waals surface area contributed by atoms with Crippen molar-refractivity contribution in [2.24, 2.45) is 0 Å². The summed E-state index contributed by atoms with van der Waals surface area (Å²) in [5, 5.41) is 10.5. The number of fused-ring (bicyclic) bond motifs is 1. The van der Waals surface area contributed by atoms with Crippen LogP contribution in [0.15, 0.2) is 51.7 Å². The average Bonchev–Trinajstić information content (AvgIpc) is 2.46. The van der Waals surface area contributed by atoms with Crippen molar-refractivity contribution in [1.82, 2.24) is 0 Å². The first-order valence-electron chi connectivity index (χ1n) is 6.40. The van der Waals surface area contributed by atoms with Crippen LogP contribution in [0.1, 0.15) is 11.1 Å². The van der Waals surface area contributed by atoms with E-state index in [1.807, 2.05) is 32.0 Å². The first kappa shape index (κ1) is 12.5. The maximum absolute atomic E-state index is 12.2. The zero-order valence-corrected chi connectivity index (χ0v) is 11.3. The predicted octanol–water partition coefficient (Wildman–Crippen LogP) is 3.78. The Labute approximate surface area is 116 Å². The van der Waals surface area contributed by atoms with Crippen LogP contribution < -0.4 is 5.43 Å². The minimum atomic E-state index is -0.400. The van der Waals surface area contributed by atoms with Gasteiger partial charge >= 0.3 is 0 Å². The molecule has 1 heterocycles. The molecule has 0 aliphatic carbocycles. The van der Waals surface area contributed by atoms with E-state index in [-0.39, 0.29) is 11.5 Å². The summed E-state index contributed by atoms with van der Waals surface area (Å²) in [6.07, 6.45) is 0. The molecule has 0 aliphatic rings. The summed E-state index contributed by atoms with van der Waals surface area (Å²) in [7, 11) is 0. The molecule has 0 spiro atoms. The lowest BCUT2D eigenvalue weighted by Crippen LogP contribution is -2.02. The average molecular weight is 266 g/mol. The van der Waals surface area contributed by atoms with Crippen LogP contribution in [0.4, 0.5) is 0 Å². The second-order valence-corrected chi connectivity index (χ2v) is 4.92. The van der Waals surface area contributed by atoms with Crippen LogP contribution in [0.5, 0.6) is 5.75 Å². The standard InChI is InChI=1S/C17H14O3/c1-10-7-8-11(2)13(9-10)17-16(19)15(18)12-5-3-4-6-14(12)20-17/h3-9,19H,1-2H3. The Hall–Kier alpha value is -2.55. The van der Waals surface area contributed by atoms with Crippen LogP contribution in [-0.2, 0) is 0 Å². The van der Waals surface area contributed by atoms with Gasteiger partial charge in [0.05, 0.1) is 5.39 Å². The van der Waals surface area contributed by atoms with Crippen molar-refractivity contribution in [2.45, 2.75) is 13.8 Å². The third-order valence-electron chi connectivity index (χ3n) is 3.41. The molecule has 2 aromatic carbocycles. The van der Waals surface area contributed by atoms with E-state index in [0.29, 0.717) is 11.0 Å². The smallest absolute Gasteiger partial charge is 0.235 e. The second-order valence-electron chi connectivity index (χ2n) is 4.92. The lowest BCUT2D eigenvalue weighted by atomic mass is 10.0. The quantitative estimate of drug-likeness (QED) is 0.729. The third kappa shape index (κ3) is 1.88. The number of para-hydroxylation sites is 1. The van der Waals surface area contributed by atoms with Crippen LogP contribution in [0.25, 0.3) is 22.3 Å². The van der Waals surface area contributed by atoms with Crippen LogP contribution in [-0.4, -0.2) is 5.11 Å². The van der Waals surface area contributed by atoms with Crippen molar-refractivity contribution in [1.29, 1.82) is 0 Å². The Bertz CT molecular complexity index is 860. The molecule has 0 radical (unpaired) electrons. The number of hydrogen-bond acceptors (Lipinski definition) is 3. The first-order chi connectivity index (χ1) is 9.58.